The molecule has 0 bridgehead atoms. The van der Waals surface area contributed by atoms with E-state index in [2.05, 4.69) is 4.98 Å². The first kappa shape index (κ1) is 20.1. The third-order valence-electron chi connectivity index (χ3n) is 4.20. The molecule has 1 amide bonds. The Hall–Kier alpha value is -0.960. The zero-order chi connectivity index (χ0) is 15.0. The third kappa shape index (κ3) is 4.32. The summed E-state index contributed by atoms with van der Waals surface area (Å²) in [6, 6.07) is 0. The maximum Gasteiger partial charge on any atom is 0.319 e. The fourth-order valence-corrected chi connectivity index (χ4v) is 2.62. The van der Waals surface area contributed by atoms with Crippen molar-refractivity contribution in [3.05, 3.63) is 18.2 Å². The molecule has 23 heavy (non-hydrogen) atoms. The van der Waals surface area contributed by atoms with Gasteiger partial charge in [0.2, 0.25) is 5.91 Å². The average molecular weight is 372 g/mol. The van der Waals surface area contributed by atoms with Crippen LogP contribution in [0.1, 0.15) is 25.2 Å². The van der Waals surface area contributed by atoms with Crippen molar-refractivity contribution in [1.82, 2.24) is 19.4 Å². The Bertz CT molecular complexity index is 530. The highest BCUT2D eigenvalue weighted by atomic mass is 35.5. The van der Waals surface area contributed by atoms with Crippen molar-refractivity contribution < 1.29 is 13.6 Å². The van der Waals surface area contributed by atoms with E-state index < -0.39 is 12.1 Å². The van der Waals surface area contributed by atoms with Gasteiger partial charge in [0.1, 0.15) is 5.82 Å². The Labute approximate surface area is 145 Å². The van der Waals surface area contributed by atoms with Crippen LogP contribution in [0.5, 0.6) is 0 Å². The van der Waals surface area contributed by atoms with Gasteiger partial charge in [-0.25, -0.2) is 4.98 Å². The lowest BCUT2D eigenvalue weighted by molar-refractivity contribution is -0.135. The molecule has 6 nitrogen and oxygen atoms in total. The number of hydrogen-bond donors (Lipinski definition) is 1. The summed E-state index contributed by atoms with van der Waals surface area (Å²) in [7, 11) is 0. The van der Waals surface area contributed by atoms with Crippen molar-refractivity contribution in [3.8, 4) is 0 Å². The minimum atomic E-state index is -2.57. The minimum absolute atomic E-state index is 0. The van der Waals surface area contributed by atoms with E-state index >= 15 is 0 Å². The maximum absolute atomic E-state index is 12.8. The first-order valence-corrected chi connectivity index (χ1v) is 7.10. The molecule has 1 saturated carbocycles. The molecule has 1 aromatic heterocycles. The van der Waals surface area contributed by atoms with Crippen molar-refractivity contribution in [2.75, 3.05) is 26.2 Å². The molecule has 0 radical (unpaired) electrons. The normalized spacial score (nSPS) is 19.9. The summed E-state index contributed by atoms with van der Waals surface area (Å²) in [5.74, 6) is 0.374. The van der Waals surface area contributed by atoms with Crippen LogP contribution in [0.2, 0.25) is 0 Å². The van der Waals surface area contributed by atoms with Crippen LogP contribution < -0.4 is 5.73 Å². The summed E-state index contributed by atoms with van der Waals surface area (Å²) in [6.45, 7) is 0.279. The smallest absolute Gasteiger partial charge is 0.319 e. The van der Waals surface area contributed by atoms with Crippen molar-refractivity contribution >= 4 is 30.7 Å². The van der Waals surface area contributed by atoms with Crippen LogP contribution in [0.25, 0.3) is 0 Å². The molecule has 1 aromatic rings. The number of halogens is 4. The molecule has 0 aromatic carbocycles. The van der Waals surface area contributed by atoms with E-state index in [0.717, 1.165) is 17.4 Å². The Balaban J connectivity index is 0.00000132. The standard InChI is InChI=1S/C13H19F2N5O.2ClH/c14-12(15)20-4-3-17-10(20)9-18-5-7-19(8-6-18)11(21)13(16)1-2-13;;/h3-4,12H,1-2,5-9,16H2;2*1H. The fraction of sp³-hybridized carbons (Fsp3) is 0.692. The highest BCUT2D eigenvalue weighted by Gasteiger charge is 2.48. The van der Waals surface area contributed by atoms with Crippen LogP contribution in [0, 0.1) is 0 Å². The molecular formula is C13H21Cl2F2N5O. The van der Waals surface area contributed by atoms with Gasteiger partial charge in [0.15, 0.2) is 0 Å². The van der Waals surface area contributed by atoms with Crippen LogP contribution in [0.4, 0.5) is 8.78 Å². The predicted molar refractivity (Wildman–Crippen MR) is 86.0 cm³/mol. The Morgan fingerprint density at radius 3 is 2.39 bits per heavy atom. The molecule has 3 rings (SSSR count). The Morgan fingerprint density at radius 1 is 1.26 bits per heavy atom. The molecule has 2 N–H and O–H groups in total. The molecule has 1 saturated heterocycles. The molecular weight excluding hydrogens is 351 g/mol. The molecule has 0 spiro atoms. The lowest BCUT2D eigenvalue weighted by Crippen LogP contribution is -2.54. The van der Waals surface area contributed by atoms with Gasteiger partial charge >= 0.3 is 6.55 Å². The van der Waals surface area contributed by atoms with Gasteiger partial charge < -0.3 is 10.6 Å². The number of nitrogens with two attached hydrogens (primary N) is 1. The Kier molecular flexibility index (Phi) is 6.76. The summed E-state index contributed by atoms with van der Waals surface area (Å²) in [6.07, 6.45) is 4.19. The number of alkyl halides is 2. The Morgan fingerprint density at radius 2 is 1.87 bits per heavy atom. The van der Waals surface area contributed by atoms with E-state index in [1.807, 2.05) is 4.90 Å². The number of imidazole rings is 1. The average Bonchev–Trinajstić information content (AvgIpc) is 3.04. The lowest BCUT2D eigenvalue weighted by Gasteiger charge is -2.35. The fourth-order valence-electron chi connectivity index (χ4n) is 2.62. The number of piperazine rings is 1. The number of rotatable bonds is 4. The molecule has 1 aliphatic heterocycles. The summed E-state index contributed by atoms with van der Waals surface area (Å²) in [5.41, 5.74) is 5.29. The van der Waals surface area contributed by atoms with Crippen molar-refractivity contribution in [3.63, 3.8) is 0 Å². The van der Waals surface area contributed by atoms with Gasteiger partial charge in [-0.2, -0.15) is 8.78 Å². The van der Waals surface area contributed by atoms with Gasteiger partial charge in [-0.3, -0.25) is 14.3 Å². The van der Waals surface area contributed by atoms with Crippen LogP contribution in [0.3, 0.4) is 0 Å². The van der Waals surface area contributed by atoms with E-state index in [1.165, 1.54) is 12.4 Å². The summed E-state index contributed by atoms with van der Waals surface area (Å²) >= 11 is 0. The van der Waals surface area contributed by atoms with Crippen molar-refractivity contribution in [1.29, 1.82) is 0 Å². The number of carbonyl (C=O) groups excluding carboxylic acids is 1. The largest absolute Gasteiger partial charge is 0.339 e. The lowest BCUT2D eigenvalue weighted by atomic mass is 10.2. The second-order valence-electron chi connectivity index (χ2n) is 5.75. The second-order valence-corrected chi connectivity index (χ2v) is 5.75. The highest BCUT2D eigenvalue weighted by Crippen LogP contribution is 2.34. The summed E-state index contributed by atoms with van der Waals surface area (Å²) in [5, 5.41) is 0. The van der Waals surface area contributed by atoms with E-state index in [9.17, 15) is 13.6 Å². The number of amides is 1. The first-order chi connectivity index (χ1) is 9.99. The molecule has 1 aliphatic carbocycles. The highest BCUT2D eigenvalue weighted by molar-refractivity contribution is 5.89. The van der Waals surface area contributed by atoms with E-state index in [1.54, 1.807) is 4.90 Å². The van der Waals surface area contributed by atoms with Crippen LogP contribution in [-0.4, -0.2) is 57.0 Å². The van der Waals surface area contributed by atoms with Crippen LogP contribution >= 0.6 is 24.8 Å². The van der Waals surface area contributed by atoms with Crippen LogP contribution in [0.15, 0.2) is 12.4 Å². The quantitative estimate of drug-likeness (QED) is 0.864. The number of aromatic nitrogens is 2. The SMILES string of the molecule is Cl.Cl.NC1(C(=O)N2CCN(Cc3nccn3C(F)F)CC2)CC1. The van der Waals surface area contributed by atoms with Gasteiger partial charge in [0.05, 0.1) is 12.1 Å². The van der Waals surface area contributed by atoms with Gasteiger partial charge in [0, 0.05) is 38.6 Å². The summed E-state index contributed by atoms with van der Waals surface area (Å²) in [4.78, 5) is 19.9. The molecule has 0 unspecified atom stereocenters. The zero-order valence-corrected chi connectivity index (χ0v) is 14.2. The van der Waals surface area contributed by atoms with Gasteiger partial charge in [0.25, 0.3) is 0 Å². The monoisotopic (exact) mass is 371 g/mol. The summed E-state index contributed by atoms with van der Waals surface area (Å²) < 4.78 is 26.4. The predicted octanol–water partition coefficient (Wildman–Crippen LogP) is 1.26. The number of carbonyl (C=O) groups is 1. The van der Waals surface area contributed by atoms with Crippen LogP contribution in [-0.2, 0) is 11.3 Å². The zero-order valence-electron chi connectivity index (χ0n) is 12.5. The molecule has 2 aliphatic rings. The third-order valence-corrected chi connectivity index (χ3v) is 4.20. The van der Waals surface area contributed by atoms with E-state index in [4.69, 9.17) is 5.73 Å². The van der Waals surface area contributed by atoms with Gasteiger partial charge in [-0.05, 0) is 12.8 Å². The molecule has 2 heterocycles. The van der Waals surface area contributed by atoms with Gasteiger partial charge in [-0.15, -0.1) is 24.8 Å². The van der Waals surface area contributed by atoms with E-state index in [0.29, 0.717) is 38.5 Å². The van der Waals surface area contributed by atoms with Crippen molar-refractivity contribution in [2.45, 2.75) is 31.5 Å². The molecule has 132 valence electrons. The topological polar surface area (TPSA) is 67.4 Å². The molecule has 2 fully saturated rings. The first-order valence-electron chi connectivity index (χ1n) is 7.10. The maximum atomic E-state index is 12.8. The number of nitrogens with zero attached hydrogens (tertiary/aromatic N) is 4. The molecule has 0 atom stereocenters. The minimum Gasteiger partial charge on any atom is -0.339 e. The van der Waals surface area contributed by atoms with E-state index in [-0.39, 0.29) is 30.7 Å². The molecule has 10 heteroatoms. The number of hydrogen-bond acceptors (Lipinski definition) is 4. The van der Waals surface area contributed by atoms with Crippen molar-refractivity contribution in [2.24, 2.45) is 5.73 Å². The second kappa shape index (κ2) is 7.74. The van der Waals surface area contributed by atoms with Gasteiger partial charge in [-0.1, -0.05) is 0 Å².